The molecule has 0 saturated carbocycles. The van der Waals surface area contributed by atoms with Crippen molar-refractivity contribution < 1.29 is 23.5 Å². The Kier molecular flexibility index (Phi) is 8.21. The number of nitrogens with zero attached hydrogens (tertiary/aromatic N) is 2. The number of amides is 2. The van der Waals surface area contributed by atoms with Crippen LogP contribution in [0, 0.1) is 12.8 Å². The Hall–Kier alpha value is -3.87. The van der Waals surface area contributed by atoms with E-state index in [4.69, 9.17) is 9.15 Å². The Balaban J connectivity index is 1.42. The molecule has 2 heterocycles. The maximum Gasteiger partial charge on any atom is 0.309 e. The molecule has 0 bridgehead atoms. The van der Waals surface area contributed by atoms with E-state index in [1.807, 2.05) is 60.4 Å². The fourth-order valence-electron chi connectivity index (χ4n) is 4.39. The Morgan fingerprint density at radius 3 is 2.25 bits per heavy atom. The maximum atomic E-state index is 13.2. The van der Waals surface area contributed by atoms with Crippen LogP contribution in [0.5, 0.6) is 0 Å². The van der Waals surface area contributed by atoms with Gasteiger partial charge in [-0.1, -0.05) is 42.0 Å². The summed E-state index contributed by atoms with van der Waals surface area (Å²) in [5, 5.41) is 0. The van der Waals surface area contributed by atoms with Crippen LogP contribution in [0.4, 0.5) is 5.69 Å². The summed E-state index contributed by atoms with van der Waals surface area (Å²) in [6, 6.07) is 18.9. The predicted octanol–water partition coefficient (Wildman–Crippen LogP) is 4.78. The predicted molar refractivity (Wildman–Crippen MR) is 136 cm³/mol. The van der Waals surface area contributed by atoms with Crippen molar-refractivity contribution >= 4 is 23.5 Å². The highest BCUT2D eigenvalue weighted by atomic mass is 16.5. The lowest BCUT2D eigenvalue weighted by Crippen LogP contribution is -2.41. The Labute approximate surface area is 211 Å². The number of hydrogen-bond donors (Lipinski definition) is 0. The number of aryl methyl sites for hydroxylation is 1. The first-order valence-corrected chi connectivity index (χ1v) is 12.4. The van der Waals surface area contributed by atoms with Gasteiger partial charge in [0.05, 0.1) is 31.8 Å². The van der Waals surface area contributed by atoms with E-state index in [0.29, 0.717) is 39.1 Å². The average Bonchev–Trinajstić information content (AvgIpc) is 3.44. The van der Waals surface area contributed by atoms with Crippen LogP contribution in [0.25, 0.3) is 0 Å². The minimum atomic E-state index is -0.228. The van der Waals surface area contributed by atoms with Crippen LogP contribution in [0.2, 0.25) is 0 Å². The van der Waals surface area contributed by atoms with Crippen molar-refractivity contribution in [3.05, 3.63) is 89.4 Å². The number of anilines is 1. The van der Waals surface area contributed by atoms with Crippen LogP contribution in [-0.2, 0) is 27.3 Å². The van der Waals surface area contributed by atoms with Crippen molar-refractivity contribution in [1.29, 1.82) is 0 Å². The maximum absolute atomic E-state index is 13.2. The normalized spacial score (nSPS) is 13.9. The minimum Gasteiger partial charge on any atom is -0.466 e. The highest BCUT2D eigenvalue weighted by molar-refractivity contribution is 6.04. The van der Waals surface area contributed by atoms with Crippen molar-refractivity contribution in [2.75, 3.05) is 24.6 Å². The van der Waals surface area contributed by atoms with E-state index < -0.39 is 0 Å². The second-order valence-electron chi connectivity index (χ2n) is 9.10. The minimum absolute atomic E-state index is 0.0354. The summed E-state index contributed by atoms with van der Waals surface area (Å²) in [4.78, 5) is 41.5. The highest BCUT2D eigenvalue weighted by Crippen LogP contribution is 2.23. The molecule has 0 unspecified atom stereocenters. The third-order valence-corrected chi connectivity index (χ3v) is 6.51. The summed E-state index contributed by atoms with van der Waals surface area (Å²) in [6.45, 7) is 5.72. The van der Waals surface area contributed by atoms with Gasteiger partial charge in [0.1, 0.15) is 0 Å². The van der Waals surface area contributed by atoms with Gasteiger partial charge >= 0.3 is 5.97 Å². The van der Waals surface area contributed by atoms with Gasteiger partial charge in [0, 0.05) is 18.8 Å². The van der Waals surface area contributed by atoms with E-state index in [1.54, 1.807) is 24.0 Å². The topological polar surface area (TPSA) is 80.1 Å². The smallest absolute Gasteiger partial charge is 0.309 e. The molecule has 3 aromatic rings. The van der Waals surface area contributed by atoms with Gasteiger partial charge in [0.2, 0.25) is 5.91 Å². The summed E-state index contributed by atoms with van der Waals surface area (Å²) in [5.41, 5.74) is 3.76. The monoisotopic (exact) mass is 488 g/mol. The number of furan rings is 1. The molecule has 7 heteroatoms. The van der Waals surface area contributed by atoms with Crippen molar-refractivity contribution in [2.24, 2.45) is 5.92 Å². The number of rotatable bonds is 8. The van der Waals surface area contributed by atoms with E-state index in [-0.39, 0.29) is 35.9 Å². The molecule has 36 heavy (non-hydrogen) atoms. The van der Waals surface area contributed by atoms with Gasteiger partial charge in [-0.25, -0.2) is 0 Å². The van der Waals surface area contributed by atoms with Gasteiger partial charge in [-0.15, -0.1) is 0 Å². The largest absolute Gasteiger partial charge is 0.466 e. The fourth-order valence-corrected chi connectivity index (χ4v) is 4.39. The SMILES string of the molecule is CCOC(=O)C1CCN(C(=O)Cc2ccc(N(Cc3ccc(C)cc3)C(=O)c3ccco3)cc2)CC1. The van der Waals surface area contributed by atoms with E-state index in [9.17, 15) is 14.4 Å². The number of ether oxygens (including phenoxy) is 1. The lowest BCUT2D eigenvalue weighted by molar-refractivity contribution is -0.151. The molecule has 1 saturated heterocycles. The first kappa shape index (κ1) is 25.2. The summed E-state index contributed by atoms with van der Waals surface area (Å²) in [5.74, 6) is -0.214. The number of esters is 1. The number of benzene rings is 2. The second-order valence-corrected chi connectivity index (χ2v) is 9.10. The Morgan fingerprint density at radius 2 is 1.64 bits per heavy atom. The lowest BCUT2D eigenvalue weighted by atomic mass is 9.96. The quantitative estimate of drug-likeness (QED) is 0.427. The van der Waals surface area contributed by atoms with Crippen molar-refractivity contribution in [3.63, 3.8) is 0 Å². The molecule has 1 fully saturated rings. The first-order valence-electron chi connectivity index (χ1n) is 12.4. The summed E-state index contributed by atoms with van der Waals surface area (Å²) in [7, 11) is 0. The Bertz CT molecular complexity index is 1160. The van der Waals surface area contributed by atoms with Gasteiger partial charge in [-0.05, 0) is 62.1 Å². The number of hydrogen-bond acceptors (Lipinski definition) is 5. The van der Waals surface area contributed by atoms with Crippen LogP contribution in [-0.4, -0.2) is 42.4 Å². The van der Waals surface area contributed by atoms with Crippen molar-refractivity contribution in [2.45, 2.75) is 39.7 Å². The third kappa shape index (κ3) is 6.22. The van der Waals surface area contributed by atoms with E-state index in [2.05, 4.69) is 0 Å². The molecule has 0 spiro atoms. The van der Waals surface area contributed by atoms with Gasteiger partial charge in [0.15, 0.2) is 5.76 Å². The number of carbonyl (C=O) groups excluding carboxylic acids is 3. The molecule has 4 rings (SSSR count). The van der Waals surface area contributed by atoms with E-state index >= 15 is 0 Å². The summed E-state index contributed by atoms with van der Waals surface area (Å²) < 4.78 is 10.5. The van der Waals surface area contributed by atoms with Gasteiger partial charge in [-0.2, -0.15) is 0 Å². The number of carbonyl (C=O) groups is 3. The van der Waals surface area contributed by atoms with Crippen LogP contribution >= 0.6 is 0 Å². The molecule has 7 nitrogen and oxygen atoms in total. The van der Waals surface area contributed by atoms with Gasteiger partial charge < -0.3 is 19.0 Å². The molecule has 188 valence electrons. The average molecular weight is 489 g/mol. The number of piperidine rings is 1. The van der Waals surface area contributed by atoms with E-state index in [1.165, 1.54) is 6.26 Å². The fraction of sp³-hybridized carbons (Fsp3) is 0.345. The lowest BCUT2D eigenvalue weighted by Gasteiger charge is -2.31. The highest BCUT2D eigenvalue weighted by Gasteiger charge is 2.28. The van der Waals surface area contributed by atoms with Crippen LogP contribution in [0.1, 0.15) is 47.0 Å². The van der Waals surface area contributed by atoms with Gasteiger partial charge in [-0.3, -0.25) is 14.4 Å². The Morgan fingerprint density at radius 1 is 0.972 bits per heavy atom. The standard InChI is InChI=1S/C29H32N2O5/c1-3-35-29(34)24-14-16-30(17-15-24)27(32)19-22-10-12-25(13-11-22)31(28(33)26-5-4-18-36-26)20-23-8-6-21(2)7-9-23/h4-13,18,24H,3,14-17,19-20H2,1-2H3. The molecular formula is C29H32N2O5. The molecular weight excluding hydrogens is 456 g/mol. The van der Waals surface area contributed by atoms with Crippen LogP contribution < -0.4 is 4.90 Å². The molecule has 1 aliphatic heterocycles. The van der Waals surface area contributed by atoms with Crippen molar-refractivity contribution in [3.8, 4) is 0 Å². The molecule has 0 N–H and O–H groups in total. The zero-order valence-electron chi connectivity index (χ0n) is 20.8. The molecule has 0 radical (unpaired) electrons. The molecule has 1 aromatic heterocycles. The van der Waals surface area contributed by atoms with E-state index in [0.717, 1.165) is 22.4 Å². The molecule has 0 aliphatic carbocycles. The van der Waals surface area contributed by atoms with Gasteiger partial charge in [0.25, 0.3) is 5.91 Å². The second kappa shape index (κ2) is 11.7. The number of likely N-dealkylation sites (tertiary alicyclic amines) is 1. The zero-order valence-corrected chi connectivity index (χ0v) is 20.8. The third-order valence-electron chi connectivity index (χ3n) is 6.51. The summed E-state index contributed by atoms with van der Waals surface area (Å²) >= 11 is 0. The summed E-state index contributed by atoms with van der Waals surface area (Å²) in [6.07, 6.45) is 3.02. The molecule has 1 aliphatic rings. The van der Waals surface area contributed by atoms with Crippen molar-refractivity contribution in [1.82, 2.24) is 4.90 Å². The zero-order chi connectivity index (χ0) is 25.5. The molecule has 0 atom stereocenters. The first-order chi connectivity index (χ1) is 17.4. The van der Waals surface area contributed by atoms with Crippen LogP contribution in [0.3, 0.4) is 0 Å². The van der Waals surface area contributed by atoms with Crippen LogP contribution in [0.15, 0.2) is 71.3 Å². The molecule has 2 aromatic carbocycles. The molecule has 2 amide bonds.